The van der Waals surface area contributed by atoms with Gasteiger partial charge in [0, 0.05) is 5.75 Å². The van der Waals surface area contributed by atoms with Crippen molar-refractivity contribution in [2.45, 2.75) is 13.8 Å². The molecule has 0 aromatic heterocycles. The van der Waals surface area contributed by atoms with Crippen LogP contribution in [0.3, 0.4) is 0 Å². The first-order valence-electron chi connectivity index (χ1n) is 5.96. The Balaban J connectivity index is 2.55. The SMILES string of the molecule is CCOc1ccc(C(=O)OCCSCC)cc1N. The van der Waals surface area contributed by atoms with Crippen molar-refractivity contribution in [3.63, 3.8) is 0 Å². The van der Waals surface area contributed by atoms with Gasteiger partial charge in [-0.25, -0.2) is 4.79 Å². The Morgan fingerprint density at radius 1 is 1.39 bits per heavy atom. The maximum Gasteiger partial charge on any atom is 0.338 e. The highest BCUT2D eigenvalue weighted by Gasteiger charge is 2.09. The molecule has 2 N–H and O–H groups in total. The van der Waals surface area contributed by atoms with Crippen molar-refractivity contribution in [1.29, 1.82) is 0 Å². The van der Waals surface area contributed by atoms with Gasteiger partial charge >= 0.3 is 5.97 Å². The van der Waals surface area contributed by atoms with Crippen molar-refractivity contribution in [1.82, 2.24) is 0 Å². The predicted molar refractivity (Wildman–Crippen MR) is 75.3 cm³/mol. The monoisotopic (exact) mass is 269 g/mol. The highest BCUT2D eigenvalue weighted by molar-refractivity contribution is 7.99. The van der Waals surface area contributed by atoms with Crippen LogP contribution in [0.25, 0.3) is 0 Å². The lowest BCUT2D eigenvalue weighted by Crippen LogP contribution is -2.09. The Hall–Kier alpha value is -1.36. The molecule has 100 valence electrons. The van der Waals surface area contributed by atoms with E-state index in [0.29, 0.717) is 30.2 Å². The fourth-order valence-electron chi connectivity index (χ4n) is 1.38. The van der Waals surface area contributed by atoms with E-state index in [2.05, 4.69) is 6.92 Å². The van der Waals surface area contributed by atoms with E-state index in [1.54, 1.807) is 30.0 Å². The van der Waals surface area contributed by atoms with Crippen molar-refractivity contribution in [3.05, 3.63) is 23.8 Å². The van der Waals surface area contributed by atoms with Crippen LogP contribution in [0, 0.1) is 0 Å². The Bertz CT molecular complexity index is 396. The molecule has 0 atom stereocenters. The summed E-state index contributed by atoms with van der Waals surface area (Å²) in [6, 6.07) is 4.94. The molecule has 0 saturated carbocycles. The van der Waals surface area contributed by atoms with Crippen LogP contribution in [0.5, 0.6) is 5.75 Å². The van der Waals surface area contributed by atoms with Crippen LogP contribution in [-0.4, -0.2) is 30.7 Å². The van der Waals surface area contributed by atoms with Gasteiger partial charge in [0.25, 0.3) is 0 Å². The largest absolute Gasteiger partial charge is 0.492 e. The summed E-state index contributed by atoms with van der Waals surface area (Å²) in [5.41, 5.74) is 6.69. The number of rotatable bonds is 7. The first-order chi connectivity index (χ1) is 8.69. The van der Waals surface area contributed by atoms with Crippen LogP contribution in [0.2, 0.25) is 0 Å². The number of carbonyl (C=O) groups excluding carboxylic acids is 1. The van der Waals surface area contributed by atoms with Crippen LogP contribution >= 0.6 is 11.8 Å². The number of benzene rings is 1. The number of esters is 1. The van der Waals surface area contributed by atoms with Crippen molar-refractivity contribution >= 4 is 23.4 Å². The van der Waals surface area contributed by atoms with Gasteiger partial charge < -0.3 is 15.2 Å². The number of ether oxygens (including phenoxy) is 2. The van der Waals surface area contributed by atoms with Crippen LogP contribution in [-0.2, 0) is 4.74 Å². The average Bonchev–Trinajstić information content (AvgIpc) is 2.37. The summed E-state index contributed by atoms with van der Waals surface area (Å²) < 4.78 is 10.4. The first kappa shape index (κ1) is 14.7. The van der Waals surface area contributed by atoms with Gasteiger partial charge in [0.1, 0.15) is 12.4 Å². The highest BCUT2D eigenvalue weighted by atomic mass is 32.2. The van der Waals surface area contributed by atoms with Gasteiger partial charge in [0.15, 0.2) is 0 Å². The minimum Gasteiger partial charge on any atom is -0.492 e. The van der Waals surface area contributed by atoms with Gasteiger partial charge in [-0.2, -0.15) is 11.8 Å². The Morgan fingerprint density at radius 3 is 2.78 bits per heavy atom. The Morgan fingerprint density at radius 2 is 2.17 bits per heavy atom. The van der Waals surface area contributed by atoms with Crippen molar-refractivity contribution in [2.75, 3.05) is 30.5 Å². The molecule has 0 bridgehead atoms. The molecular formula is C13H19NO3S. The summed E-state index contributed by atoms with van der Waals surface area (Å²) >= 11 is 1.74. The maximum atomic E-state index is 11.7. The molecule has 1 rings (SSSR count). The number of hydrogen-bond acceptors (Lipinski definition) is 5. The average molecular weight is 269 g/mol. The Labute approximate surface area is 112 Å². The molecule has 0 radical (unpaired) electrons. The number of nitrogen functional groups attached to an aromatic ring is 1. The van der Waals surface area contributed by atoms with E-state index in [1.165, 1.54) is 0 Å². The zero-order chi connectivity index (χ0) is 13.4. The molecular weight excluding hydrogens is 250 g/mol. The predicted octanol–water partition coefficient (Wildman–Crippen LogP) is 2.58. The lowest BCUT2D eigenvalue weighted by atomic mass is 10.2. The van der Waals surface area contributed by atoms with Crippen molar-refractivity contribution in [3.8, 4) is 5.75 Å². The number of nitrogens with two attached hydrogens (primary N) is 1. The molecule has 4 nitrogen and oxygen atoms in total. The number of hydrogen-bond donors (Lipinski definition) is 1. The van der Waals surface area contributed by atoms with E-state index in [0.717, 1.165) is 11.5 Å². The fourth-order valence-corrected chi connectivity index (χ4v) is 1.87. The third-order valence-corrected chi connectivity index (χ3v) is 3.07. The molecule has 0 spiro atoms. The smallest absolute Gasteiger partial charge is 0.338 e. The van der Waals surface area contributed by atoms with Gasteiger partial charge in [-0.3, -0.25) is 0 Å². The zero-order valence-corrected chi connectivity index (χ0v) is 11.6. The molecule has 1 aromatic carbocycles. The molecule has 5 heteroatoms. The van der Waals surface area contributed by atoms with E-state index < -0.39 is 0 Å². The summed E-state index contributed by atoms with van der Waals surface area (Å²) in [7, 11) is 0. The second-order valence-electron chi connectivity index (χ2n) is 3.52. The molecule has 0 saturated heterocycles. The molecule has 0 heterocycles. The van der Waals surface area contributed by atoms with Gasteiger partial charge in [-0.05, 0) is 30.9 Å². The third-order valence-electron chi connectivity index (χ3n) is 2.21. The van der Waals surface area contributed by atoms with E-state index in [9.17, 15) is 4.79 Å². The standard InChI is InChI=1S/C13H19NO3S/c1-3-16-12-6-5-10(9-11(12)14)13(15)17-7-8-18-4-2/h5-6,9H,3-4,7-8,14H2,1-2H3. The normalized spacial score (nSPS) is 10.1. The quantitative estimate of drug-likeness (QED) is 0.468. The van der Waals surface area contributed by atoms with Gasteiger partial charge in [0.2, 0.25) is 0 Å². The highest BCUT2D eigenvalue weighted by Crippen LogP contribution is 2.22. The zero-order valence-electron chi connectivity index (χ0n) is 10.8. The molecule has 0 aliphatic heterocycles. The number of thioether (sulfide) groups is 1. The topological polar surface area (TPSA) is 61.5 Å². The second kappa shape index (κ2) is 7.87. The molecule has 0 aliphatic rings. The van der Waals surface area contributed by atoms with Crippen molar-refractivity contribution in [2.24, 2.45) is 0 Å². The van der Waals surface area contributed by atoms with Gasteiger partial charge in [-0.15, -0.1) is 0 Å². The lowest BCUT2D eigenvalue weighted by Gasteiger charge is -2.08. The Kier molecular flexibility index (Phi) is 6.43. The fraction of sp³-hybridized carbons (Fsp3) is 0.462. The second-order valence-corrected chi connectivity index (χ2v) is 4.91. The minimum atomic E-state index is -0.346. The minimum absolute atomic E-state index is 0.346. The molecule has 18 heavy (non-hydrogen) atoms. The van der Waals surface area contributed by atoms with Crippen molar-refractivity contribution < 1.29 is 14.3 Å². The third kappa shape index (κ3) is 4.49. The van der Waals surface area contributed by atoms with Gasteiger partial charge in [-0.1, -0.05) is 6.92 Å². The van der Waals surface area contributed by atoms with Crippen LogP contribution < -0.4 is 10.5 Å². The van der Waals surface area contributed by atoms with Crippen LogP contribution in [0.1, 0.15) is 24.2 Å². The van der Waals surface area contributed by atoms with E-state index in [1.807, 2.05) is 6.92 Å². The summed E-state index contributed by atoms with van der Waals surface area (Å²) in [5, 5.41) is 0. The summed E-state index contributed by atoms with van der Waals surface area (Å²) in [6.45, 7) is 4.92. The number of anilines is 1. The van der Waals surface area contributed by atoms with E-state index >= 15 is 0 Å². The van der Waals surface area contributed by atoms with Crippen LogP contribution in [0.4, 0.5) is 5.69 Å². The number of carbonyl (C=O) groups is 1. The van der Waals surface area contributed by atoms with E-state index in [-0.39, 0.29) is 5.97 Å². The molecule has 0 fully saturated rings. The molecule has 0 aliphatic carbocycles. The molecule has 1 aromatic rings. The van der Waals surface area contributed by atoms with Gasteiger partial charge in [0.05, 0.1) is 17.9 Å². The first-order valence-corrected chi connectivity index (χ1v) is 7.11. The summed E-state index contributed by atoms with van der Waals surface area (Å²) in [4.78, 5) is 11.7. The maximum absolute atomic E-state index is 11.7. The molecule has 0 unspecified atom stereocenters. The lowest BCUT2D eigenvalue weighted by molar-refractivity contribution is 0.0530. The van der Waals surface area contributed by atoms with E-state index in [4.69, 9.17) is 15.2 Å². The summed E-state index contributed by atoms with van der Waals surface area (Å²) in [5.74, 6) is 2.08. The summed E-state index contributed by atoms with van der Waals surface area (Å²) in [6.07, 6.45) is 0. The van der Waals surface area contributed by atoms with Crippen LogP contribution in [0.15, 0.2) is 18.2 Å². The molecule has 0 amide bonds.